The summed E-state index contributed by atoms with van der Waals surface area (Å²) in [7, 11) is 0. The Morgan fingerprint density at radius 2 is 2.25 bits per heavy atom. The van der Waals surface area contributed by atoms with Gasteiger partial charge in [-0.15, -0.1) is 0 Å². The smallest absolute Gasteiger partial charge is 0.126 e. The summed E-state index contributed by atoms with van der Waals surface area (Å²) in [5, 5.41) is 0. The van der Waals surface area contributed by atoms with E-state index >= 15 is 0 Å². The summed E-state index contributed by atoms with van der Waals surface area (Å²) in [4.78, 5) is 0. The maximum atomic E-state index is 13.4. The van der Waals surface area contributed by atoms with Crippen LogP contribution in [0.25, 0.3) is 0 Å². The Kier molecular flexibility index (Phi) is 3.91. The highest BCUT2D eigenvalue weighted by atomic mass is 19.1. The first kappa shape index (κ1) is 11.6. The maximum absolute atomic E-state index is 13.4. The van der Waals surface area contributed by atoms with Crippen molar-refractivity contribution in [2.45, 2.75) is 37.8 Å². The van der Waals surface area contributed by atoms with E-state index in [1.165, 1.54) is 6.07 Å². The van der Waals surface area contributed by atoms with Crippen LogP contribution in [-0.2, 0) is 11.2 Å². The predicted molar refractivity (Wildman–Crippen MR) is 61.7 cm³/mol. The molecule has 1 aliphatic heterocycles. The molecule has 3 heteroatoms. The zero-order valence-corrected chi connectivity index (χ0v) is 9.36. The molecule has 0 bridgehead atoms. The first-order valence-electron chi connectivity index (χ1n) is 5.86. The van der Waals surface area contributed by atoms with Gasteiger partial charge in [0.2, 0.25) is 0 Å². The van der Waals surface area contributed by atoms with Crippen molar-refractivity contribution in [3.05, 3.63) is 35.6 Å². The molecule has 2 atom stereocenters. The van der Waals surface area contributed by atoms with E-state index in [-0.39, 0.29) is 18.0 Å². The Morgan fingerprint density at radius 1 is 1.44 bits per heavy atom. The zero-order chi connectivity index (χ0) is 11.4. The Morgan fingerprint density at radius 3 is 2.94 bits per heavy atom. The van der Waals surface area contributed by atoms with Gasteiger partial charge in [-0.2, -0.15) is 0 Å². The number of benzene rings is 1. The van der Waals surface area contributed by atoms with Gasteiger partial charge in [0.25, 0.3) is 0 Å². The van der Waals surface area contributed by atoms with Gasteiger partial charge in [-0.25, -0.2) is 4.39 Å². The van der Waals surface area contributed by atoms with E-state index in [0.29, 0.717) is 12.0 Å². The first-order valence-corrected chi connectivity index (χ1v) is 5.86. The third kappa shape index (κ3) is 3.03. The highest BCUT2D eigenvalue weighted by Crippen LogP contribution is 2.18. The molecule has 2 nitrogen and oxygen atoms in total. The molecule has 1 aromatic carbocycles. The molecule has 2 rings (SSSR count). The van der Waals surface area contributed by atoms with Crippen molar-refractivity contribution < 1.29 is 9.13 Å². The molecular formula is C13H18FNO. The molecule has 1 heterocycles. The number of nitrogens with two attached hydrogens (primary N) is 1. The third-order valence-electron chi connectivity index (χ3n) is 3.03. The van der Waals surface area contributed by atoms with Gasteiger partial charge in [0.05, 0.1) is 6.10 Å². The molecule has 1 aromatic rings. The van der Waals surface area contributed by atoms with Crippen molar-refractivity contribution in [3.8, 4) is 0 Å². The largest absolute Gasteiger partial charge is 0.378 e. The summed E-state index contributed by atoms with van der Waals surface area (Å²) in [6.07, 6.45) is 3.91. The minimum atomic E-state index is -0.162. The SMILES string of the molecule is NC(Cc1ccccc1F)CC1CCCO1. The summed E-state index contributed by atoms with van der Waals surface area (Å²) in [6, 6.07) is 6.81. The number of ether oxygens (including phenoxy) is 1. The van der Waals surface area contributed by atoms with Crippen LogP contribution in [0.15, 0.2) is 24.3 Å². The number of hydrogen-bond donors (Lipinski definition) is 1. The van der Waals surface area contributed by atoms with Gasteiger partial charge in [-0.05, 0) is 37.3 Å². The van der Waals surface area contributed by atoms with Crippen LogP contribution in [0, 0.1) is 5.82 Å². The van der Waals surface area contributed by atoms with Crippen molar-refractivity contribution in [1.82, 2.24) is 0 Å². The lowest BCUT2D eigenvalue weighted by atomic mass is 10.00. The summed E-state index contributed by atoms with van der Waals surface area (Å²) in [5.74, 6) is -0.162. The lowest BCUT2D eigenvalue weighted by Gasteiger charge is -2.16. The summed E-state index contributed by atoms with van der Waals surface area (Å²) < 4.78 is 18.9. The number of halogens is 1. The Hall–Kier alpha value is -0.930. The van der Waals surface area contributed by atoms with Gasteiger partial charge in [-0.1, -0.05) is 18.2 Å². The van der Waals surface area contributed by atoms with Gasteiger partial charge in [-0.3, -0.25) is 0 Å². The van der Waals surface area contributed by atoms with Crippen LogP contribution in [0.3, 0.4) is 0 Å². The lowest BCUT2D eigenvalue weighted by molar-refractivity contribution is 0.0982. The summed E-state index contributed by atoms with van der Waals surface area (Å²) >= 11 is 0. The van der Waals surface area contributed by atoms with Crippen LogP contribution >= 0.6 is 0 Å². The maximum Gasteiger partial charge on any atom is 0.126 e. The molecular weight excluding hydrogens is 205 g/mol. The molecule has 0 aliphatic carbocycles. The van der Waals surface area contributed by atoms with Gasteiger partial charge >= 0.3 is 0 Å². The van der Waals surface area contributed by atoms with Crippen LogP contribution in [0.5, 0.6) is 0 Å². The average molecular weight is 223 g/mol. The Bertz CT molecular complexity index is 336. The molecule has 2 N–H and O–H groups in total. The molecule has 1 saturated heterocycles. The second-order valence-corrected chi connectivity index (χ2v) is 4.43. The van der Waals surface area contributed by atoms with E-state index in [0.717, 1.165) is 25.9 Å². The van der Waals surface area contributed by atoms with Gasteiger partial charge < -0.3 is 10.5 Å². The van der Waals surface area contributed by atoms with E-state index in [2.05, 4.69) is 0 Å². The summed E-state index contributed by atoms with van der Waals surface area (Å²) in [5.41, 5.74) is 6.71. The Labute approximate surface area is 95.6 Å². The van der Waals surface area contributed by atoms with E-state index in [4.69, 9.17) is 10.5 Å². The molecule has 0 amide bonds. The Balaban J connectivity index is 1.86. The molecule has 2 unspecified atom stereocenters. The minimum Gasteiger partial charge on any atom is -0.378 e. The minimum absolute atomic E-state index is 0.0139. The highest BCUT2D eigenvalue weighted by molar-refractivity contribution is 5.18. The predicted octanol–water partition coefficient (Wildman–Crippen LogP) is 2.26. The van der Waals surface area contributed by atoms with E-state index in [1.54, 1.807) is 12.1 Å². The van der Waals surface area contributed by atoms with E-state index < -0.39 is 0 Å². The van der Waals surface area contributed by atoms with Crippen LogP contribution in [-0.4, -0.2) is 18.8 Å². The molecule has 16 heavy (non-hydrogen) atoms. The molecule has 0 saturated carbocycles. The topological polar surface area (TPSA) is 35.2 Å². The van der Waals surface area contributed by atoms with Crippen molar-refractivity contribution in [3.63, 3.8) is 0 Å². The first-order chi connectivity index (χ1) is 7.75. The van der Waals surface area contributed by atoms with Crippen molar-refractivity contribution in [2.75, 3.05) is 6.61 Å². The fraction of sp³-hybridized carbons (Fsp3) is 0.538. The molecule has 88 valence electrons. The monoisotopic (exact) mass is 223 g/mol. The van der Waals surface area contributed by atoms with E-state index in [9.17, 15) is 4.39 Å². The zero-order valence-electron chi connectivity index (χ0n) is 9.36. The van der Waals surface area contributed by atoms with Crippen LogP contribution in [0.1, 0.15) is 24.8 Å². The van der Waals surface area contributed by atoms with Crippen molar-refractivity contribution >= 4 is 0 Å². The van der Waals surface area contributed by atoms with Crippen molar-refractivity contribution in [1.29, 1.82) is 0 Å². The third-order valence-corrected chi connectivity index (χ3v) is 3.03. The number of rotatable bonds is 4. The summed E-state index contributed by atoms with van der Waals surface area (Å²) in [6.45, 7) is 0.844. The van der Waals surface area contributed by atoms with E-state index in [1.807, 2.05) is 6.07 Å². The van der Waals surface area contributed by atoms with Crippen LogP contribution in [0.2, 0.25) is 0 Å². The fourth-order valence-electron chi connectivity index (χ4n) is 2.20. The van der Waals surface area contributed by atoms with Crippen molar-refractivity contribution in [2.24, 2.45) is 5.73 Å². The second kappa shape index (κ2) is 5.41. The number of hydrogen-bond acceptors (Lipinski definition) is 2. The fourth-order valence-corrected chi connectivity index (χ4v) is 2.20. The standard InChI is InChI=1S/C13H18FNO/c14-13-6-2-1-4-10(13)8-11(15)9-12-5-3-7-16-12/h1-2,4,6,11-12H,3,5,7-9,15H2. The second-order valence-electron chi connectivity index (χ2n) is 4.43. The van der Waals surface area contributed by atoms with Crippen LogP contribution in [0.4, 0.5) is 4.39 Å². The van der Waals surface area contributed by atoms with Crippen LogP contribution < -0.4 is 5.73 Å². The molecule has 1 aliphatic rings. The molecule has 0 radical (unpaired) electrons. The molecule has 0 aromatic heterocycles. The normalized spacial score (nSPS) is 22.2. The average Bonchev–Trinajstić information content (AvgIpc) is 2.74. The van der Waals surface area contributed by atoms with Gasteiger partial charge in [0.15, 0.2) is 0 Å². The molecule has 1 fully saturated rings. The van der Waals surface area contributed by atoms with Gasteiger partial charge in [0.1, 0.15) is 5.82 Å². The highest BCUT2D eigenvalue weighted by Gasteiger charge is 2.19. The van der Waals surface area contributed by atoms with Gasteiger partial charge in [0, 0.05) is 12.6 Å². The lowest BCUT2D eigenvalue weighted by Crippen LogP contribution is -2.28. The molecule has 0 spiro atoms. The quantitative estimate of drug-likeness (QED) is 0.849.